The number of aliphatic carboxylic acids is 1. The fourth-order valence-electron chi connectivity index (χ4n) is 1.86. The van der Waals surface area contributed by atoms with Gasteiger partial charge in [-0.1, -0.05) is 24.3 Å². The van der Waals surface area contributed by atoms with E-state index >= 15 is 0 Å². The highest BCUT2D eigenvalue weighted by Gasteiger charge is 2.05. The highest BCUT2D eigenvalue weighted by molar-refractivity contribution is 5.85. The van der Waals surface area contributed by atoms with Crippen LogP contribution in [0.3, 0.4) is 0 Å². The Morgan fingerprint density at radius 2 is 1.88 bits per heavy atom. The van der Waals surface area contributed by atoms with Gasteiger partial charge in [0, 0.05) is 5.56 Å². The van der Waals surface area contributed by atoms with Crippen molar-refractivity contribution in [3.63, 3.8) is 0 Å². The van der Waals surface area contributed by atoms with Gasteiger partial charge in [0.2, 0.25) is 5.91 Å². The summed E-state index contributed by atoms with van der Waals surface area (Å²) in [7, 11) is 0. The number of carbonyl (C=O) groups is 2. The Balaban J connectivity index is 1.92. The second-order valence-electron chi connectivity index (χ2n) is 4.82. The third-order valence-electron chi connectivity index (χ3n) is 2.94. The van der Waals surface area contributed by atoms with Gasteiger partial charge in [-0.15, -0.1) is 0 Å². The highest BCUT2D eigenvalue weighted by Crippen LogP contribution is 2.15. The summed E-state index contributed by atoms with van der Waals surface area (Å²) < 4.78 is 17.9. The quantitative estimate of drug-likeness (QED) is 0.600. The number of carboxylic acids is 1. The van der Waals surface area contributed by atoms with E-state index in [1.165, 1.54) is 30.5 Å². The monoisotopic (exact) mass is 330 g/mol. The molecule has 0 unspecified atom stereocenters. The van der Waals surface area contributed by atoms with Crippen molar-refractivity contribution in [2.24, 2.45) is 5.10 Å². The van der Waals surface area contributed by atoms with Crippen molar-refractivity contribution in [3.05, 3.63) is 65.5 Å². The van der Waals surface area contributed by atoms with E-state index < -0.39 is 12.6 Å². The van der Waals surface area contributed by atoms with Gasteiger partial charge in [-0.05, 0) is 29.8 Å². The smallest absolute Gasteiger partial charge is 0.341 e. The van der Waals surface area contributed by atoms with Crippen LogP contribution in [0, 0.1) is 5.82 Å². The van der Waals surface area contributed by atoms with Crippen LogP contribution in [0.5, 0.6) is 5.75 Å². The zero-order valence-corrected chi connectivity index (χ0v) is 12.6. The molecule has 0 aliphatic carbocycles. The molecule has 0 saturated heterocycles. The molecule has 2 aromatic carbocycles. The summed E-state index contributed by atoms with van der Waals surface area (Å²) in [4.78, 5) is 22.3. The highest BCUT2D eigenvalue weighted by atomic mass is 19.1. The second-order valence-corrected chi connectivity index (χ2v) is 4.82. The summed E-state index contributed by atoms with van der Waals surface area (Å²) in [5.74, 6) is -1.47. The number of para-hydroxylation sites is 1. The molecule has 7 heteroatoms. The molecule has 1 amide bonds. The van der Waals surface area contributed by atoms with Crippen LogP contribution in [-0.4, -0.2) is 29.8 Å². The van der Waals surface area contributed by atoms with Gasteiger partial charge in [0.25, 0.3) is 0 Å². The number of amides is 1. The topological polar surface area (TPSA) is 88.0 Å². The van der Waals surface area contributed by atoms with Crippen molar-refractivity contribution >= 4 is 18.1 Å². The van der Waals surface area contributed by atoms with Gasteiger partial charge >= 0.3 is 5.97 Å². The molecule has 2 rings (SSSR count). The Morgan fingerprint density at radius 3 is 2.58 bits per heavy atom. The van der Waals surface area contributed by atoms with Crippen molar-refractivity contribution in [1.82, 2.24) is 5.43 Å². The molecule has 0 spiro atoms. The maximum atomic E-state index is 12.8. The van der Waals surface area contributed by atoms with Crippen LogP contribution in [0.2, 0.25) is 0 Å². The standard InChI is InChI=1S/C17H15FN2O4/c18-14-7-5-12(6-8-14)9-16(21)20-19-10-13-3-1-2-4-15(13)24-11-17(22)23/h1-8,10H,9,11H2,(H,20,21)(H,22,23)/b19-10+. The van der Waals surface area contributed by atoms with Gasteiger partial charge in [0.1, 0.15) is 11.6 Å². The SMILES string of the molecule is O=C(O)COc1ccccc1/C=N/NC(=O)Cc1ccc(F)cc1. The summed E-state index contributed by atoms with van der Waals surface area (Å²) >= 11 is 0. The van der Waals surface area contributed by atoms with Crippen LogP contribution in [-0.2, 0) is 16.0 Å². The van der Waals surface area contributed by atoms with Crippen molar-refractivity contribution in [1.29, 1.82) is 0 Å². The molecular formula is C17H15FN2O4. The molecule has 0 aromatic heterocycles. The number of carboxylic acid groups (broad SMARTS) is 1. The first-order chi connectivity index (χ1) is 11.5. The minimum Gasteiger partial charge on any atom is -0.481 e. The van der Waals surface area contributed by atoms with Gasteiger partial charge in [0.15, 0.2) is 6.61 Å². The first-order valence-corrected chi connectivity index (χ1v) is 7.04. The van der Waals surface area contributed by atoms with E-state index in [0.717, 1.165) is 0 Å². The first kappa shape index (κ1) is 17.1. The number of carbonyl (C=O) groups excluding carboxylic acids is 1. The number of nitrogens with zero attached hydrogens (tertiary/aromatic N) is 1. The van der Waals surface area contributed by atoms with E-state index in [9.17, 15) is 14.0 Å². The van der Waals surface area contributed by atoms with Gasteiger partial charge in [-0.25, -0.2) is 14.6 Å². The number of halogens is 1. The lowest BCUT2D eigenvalue weighted by Crippen LogP contribution is -2.19. The number of hydrazone groups is 1. The second kappa shape index (κ2) is 8.42. The van der Waals surface area contributed by atoms with Crippen LogP contribution < -0.4 is 10.2 Å². The molecule has 6 nitrogen and oxygen atoms in total. The number of hydrogen-bond acceptors (Lipinski definition) is 4. The summed E-state index contributed by atoms with van der Waals surface area (Å²) in [6.07, 6.45) is 1.43. The largest absolute Gasteiger partial charge is 0.481 e. The summed E-state index contributed by atoms with van der Waals surface area (Å²) in [5.41, 5.74) is 3.54. The van der Waals surface area contributed by atoms with Gasteiger partial charge < -0.3 is 9.84 Å². The summed E-state index contributed by atoms with van der Waals surface area (Å²) in [6, 6.07) is 12.3. The van der Waals surface area contributed by atoms with Crippen LogP contribution in [0.25, 0.3) is 0 Å². The molecule has 24 heavy (non-hydrogen) atoms. The van der Waals surface area contributed by atoms with Gasteiger partial charge in [-0.3, -0.25) is 4.79 Å². The molecule has 0 radical (unpaired) electrons. The van der Waals surface area contributed by atoms with E-state index in [4.69, 9.17) is 9.84 Å². The third-order valence-corrected chi connectivity index (χ3v) is 2.94. The minimum absolute atomic E-state index is 0.0643. The normalized spacial score (nSPS) is 10.5. The Kier molecular flexibility index (Phi) is 6.01. The molecule has 2 N–H and O–H groups in total. The van der Waals surface area contributed by atoms with Crippen LogP contribution in [0.15, 0.2) is 53.6 Å². The van der Waals surface area contributed by atoms with Crippen LogP contribution in [0.4, 0.5) is 4.39 Å². The number of benzene rings is 2. The first-order valence-electron chi connectivity index (χ1n) is 7.04. The number of nitrogens with one attached hydrogen (secondary N) is 1. The predicted octanol–water partition coefficient (Wildman–Crippen LogP) is 1.98. The van der Waals surface area contributed by atoms with Crippen molar-refractivity contribution in [2.45, 2.75) is 6.42 Å². The zero-order chi connectivity index (χ0) is 17.4. The lowest BCUT2D eigenvalue weighted by atomic mass is 10.1. The minimum atomic E-state index is -1.09. The maximum Gasteiger partial charge on any atom is 0.341 e. The average molecular weight is 330 g/mol. The average Bonchev–Trinajstić information content (AvgIpc) is 2.56. The fourth-order valence-corrected chi connectivity index (χ4v) is 1.86. The lowest BCUT2D eigenvalue weighted by Gasteiger charge is -2.06. The van der Waals surface area contributed by atoms with E-state index in [1.807, 2.05) is 0 Å². The molecule has 0 fully saturated rings. The molecule has 0 saturated carbocycles. The number of rotatable bonds is 7. The Bertz CT molecular complexity index is 745. The summed E-state index contributed by atoms with van der Waals surface area (Å²) in [5, 5.41) is 12.4. The predicted molar refractivity (Wildman–Crippen MR) is 85.4 cm³/mol. The van der Waals surface area contributed by atoms with E-state index in [1.54, 1.807) is 24.3 Å². The maximum absolute atomic E-state index is 12.8. The molecule has 0 atom stereocenters. The molecular weight excluding hydrogens is 315 g/mol. The molecule has 0 aliphatic rings. The molecule has 0 aliphatic heterocycles. The summed E-state index contributed by atoms with van der Waals surface area (Å²) in [6.45, 7) is -0.470. The number of ether oxygens (including phenoxy) is 1. The third kappa shape index (κ3) is 5.53. The van der Waals surface area contributed by atoms with Gasteiger partial charge in [0.05, 0.1) is 12.6 Å². The molecule has 124 valence electrons. The lowest BCUT2D eigenvalue weighted by molar-refractivity contribution is -0.139. The molecule has 0 heterocycles. The van der Waals surface area contributed by atoms with E-state index in [0.29, 0.717) is 16.9 Å². The van der Waals surface area contributed by atoms with Crippen molar-refractivity contribution < 1.29 is 23.8 Å². The van der Waals surface area contributed by atoms with E-state index in [-0.39, 0.29) is 18.1 Å². The van der Waals surface area contributed by atoms with Crippen LogP contribution >= 0.6 is 0 Å². The zero-order valence-electron chi connectivity index (χ0n) is 12.6. The van der Waals surface area contributed by atoms with Gasteiger partial charge in [-0.2, -0.15) is 5.10 Å². The molecule has 2 aromatic rings. The Hall–Kier alpha value is -3.22. The number of hydrogen-bond donors (Lipinski definition) is 2. The Labute approximate surface area is 137 Å². The fraction of sp³-hybridized carbons (Fsp3) is 0.118. The van der Waals surface area contributed by atoms with Crippen molar-refractivity contribution in [2.75, 3.05) is 6.61 Å². The van der Waals surface area contributed by atoms with E-state index in [2.05, 4.69) is 10.5 Å². The van der Waals surface area contributed by atoms with Crippen LogP contribution in [0.1, 0.15) is 11.1 Å². The van der Waals surface area contributed by atoms with Crippen molar-refractivity contribution in [3.8, 4) is 5.75 Å². The Morgan fingerprint density at radius 1 is 1.17 bits per heavy atom. The molecule has 0 bridgehead atoms.